The lowest BCUT2D eigenvalue weighted by Crippen LogP contribution is -2.60. The third-order valence-electron chi connectivity index (χ3n) is 5.09. The zero-order valence-corrected chi connectivity index (χ0v) is 14.0. The molecular formula is C16H30N2O4. The molecule has 128 valence electrons. The molecule has 1 amide bonds. The molecule has 0 aromatic carbocycles. The van der Waals surface area contributed by atoms with E-state index in [1.807, 2.05) is 20.8 Å². The van der Waals surface area contributed by atoms with E-state index in [1.54, 1.807) is 4.90 Å². The van der Waals surface area contributed by atoms with Gasteiger partial charge in [0.05, 0.1) is 12.2 Å². The van der Waals surface area contributed by atoms with Gasteiger partial charge in [-0.3, -0.25) is 0 Å². The van der Waals surface area contributed by atoms with E-state index in [0.29, 0.717) is 25.9 Å². The number of carbonyl (C=O) groups excluding carboxylic acids is 1. The van der Waals surface area contributed by atoms with Gasteiger partial charge in [-0.2, -0.15) is 0 Å². The Labute approximate surface area is 132 Å². The number of ether oxygens (including phenoxy) is 1. The summed E-state index contributed by atoms with van der Waals surface area (Å²) in [5, 5.41) is 24.3. The van der Waals surface area contributed by atoms with Crippen LogP contribution in [0.1, 0.15) is 46.5 Å². The Bertz CT molecular complexity index is 391. The molecule has 2 rings (SSSR count). The summed E-state index contributed by atoms with van der Waals surface area (Å²) in [4.78, 5) is 13.8. The standard InChI is InChI=1S/C16H30N2O4/c1-14(2,3)22-13(20)18-10-6-16(21,7-11-18)15(12-19)4-8-17-9-5-15/h17,19,21H,4-12H2,1-3H3. The second-order valence-electron chi connectivity index (χ2n) is 7.69. The second-order valence-corrected chi connectivity index (χ2v) is 7.69. The number of nitrogens with one attached hydrogen (secondary N) is 1. The van der Waals surface area contributed by atoms with Crippen LogP contribution in [-0.4, -0.2) is 65.2 Å². The second kappa shape index (κ2) is 6.34. The number of nitrogens with zero attached hydrogens (tertiary/aromatic N) is 1. The lowest BCUT2D eigenvalue weighted by molar-refractivity contribution is -0.150. The highest BCUT2D eigenvalue weighted by atomic mass is 16.6. The van der Waals surface area contributed by atoms with E-state index in [0.717, 1.165) is 25.9 Å². The molecule has 0 aromatic heterocycles. The number of rotatable bonds is 2. The van der Waals surface area contributed by atoms with E-state index in [9.17, 15) is 15.0 Å². The molecule has 6 heteroatoms. The van der Waals surface area contributed by atoms with Crippen LogP contribution >= 0.6 is 0 Å². The molecule has 2 heterocycles. The number of likely N-dealkylation sites (tertiary alicyclic amines) is 1. The number of aliphatic hydroxyl groups excluding tert-OH is 1. The third kappa shape index (κ3) is 3.55. The van der Waals surface area contributed by atoms with Crippen LogP contribution in [0.25, 0.3) is 0 Å². The van der Waals surface area contributed by atoms with E-state index in [1.165, 1.54) is 0 Å². The number of piperidine rings is 2. The van der Waals surface area contributed by atoms with Crippen LogP contribution in [0.3, 0.4) is 0 Å². The first-order valence-corrected chi connectivity index (χ1v) is 8.23. The Kier molecular flexibility index (Phi) is 5.04. The minimum atomic E-state index is -0.900. The summed E-state index contributed by atoms with van der Waals surface area (Å²) in [6.45, 7) is 8.12. The lowest BCUT2D eigenvalue weighted by Gasteiger charge is -2.52. The number of hydrogen-bond donors (Lipinski definition) is 3. The lowest BCUT2D eigenvalue weighted by atomic mass is 9.63. The molecule has 0 radical (unpaired) electrons. The highest BCUT2D eigenvalue weighted by molar-refractivity contribution is 5.68. The van der Waals surface area contributed by atoms with E-state index >= 15 is 0 Å². The normalized spacial score (nSPS) is 24.9. The van der Waals surface area contributed by atoms with Crippen LogP contribution < -0.4 is 5.32 Å². The fourth-order valence-electron chi connectivity index (χ4n) is 3.59. The van der Waals surface area contributed by atoms with Crippen molar-refractivity contribution in [2.75, 3.05) is 32.8 Å². The molecule has 0 atom stereocenters. The Hall–Kier alpha value is -0.850. The maximum Gasteiger partial charge on any atom is 0.410 e. The summed E-state index contributed by atoms with van der Waals surface area (Å²) in [6, 6.07) is 0. The van der Waals surface area contributed by atoms with Crippen molar-refractivity contribution in [3.05, 3.63) is 0 Å². The molecule has 2 aliphatic rings. The van der Waals surface area contributed by atoms with Gasteiger partial charge in [-0.05, 0) is 59.5 Å². The SMILES string of the molecule is CC(C)(C)OC(=O)N1CCC(O)(C2(CO)CCNCC2)CC1. The van der Waals surface area contributed by atoms with Gasteiger partial charge in [0.2, 0.25) is 0 Å². The third-order valence-corrected chi connectivity index (χ3v) is 5.09. The molecule has 22 heavy (non-hydrogen) atoms. The fourth-order valence-corrected chi connectivity index (χ4v) is 3.59. The van der Waals surface area contributed by atoms with Gasteiger partial charge in [0.25, 0.3) is 0 Å². The first-order valence-electron chi connectivity index (χ1n) is 8.23. The molecular weight excluding hydrogens is 284 g/mol. The molecule has 2 aliphatic heterocycles. The average molecular weight is 314 g/mol. The minimum absolute atomic E-state index is 0.00236. The van der Waals surface area contributed by atoms with Crippen molar-refractivity contribution in [3.8, 4) is 0 Å². The summed E-state index contributed by atoms with van der Waals surface area (Å²) >= 11 is 0. The van der Waals surface area contributed by atoms with Crippen molar-refractivity contribution < 1.29 is 19.7 Å². The maximum atomic E-state index is 12.1. The Morgan fingerprint density at radius 1 is 1.18 bits per heavy atom. The molecule has 0 spiro atoms. The topological polar surface area (TPSA) is 82.0 Å². The quantitative estimate of drug-likeness (QED) is 0.711. The minimum Gasteiger partial charge on any atom is -0.444 e. The smallest absolute Gasteiger partial charge is 0.410 e. The van der Waals surface area contributed by atoms with Crippen LogP contribution in [0.4, 0.5) is 4.79 Å². The Morgan fingerprint density at radius 2 is 1.73 bits per heavy atom. The van der Waals surface area contributed by atoms with Crippen molar-refractivity contribution in [2.24, 2.45) is 5.41 Å². The molecule has 0 bridgehead atoms. The van der Waals surface area contributed by atoms with Gasteiger partial charge in [-0.15, -0.1) is 0 Å². The summed E-state index contributed by atoms with van der Waals surface area (Å²) in [5.74, 6) is 0. The highest BCUT2D eigenvalue weighted by Crippen LogP contribution is 2.45. The van der Waals surface area contributed by atoms with Crippen molar-refractivity contribution in [1.82, 2.24) is 10.2 Å². The number of carbonyl (C=O) groups is 1. The molecule has 0 unspecified atom stereocenters. The van der Waals surface area contributed by atoms with Crippen LogP contribution in [0.5, 0.6) is 0 Å². The summed E-state index contributed by atoms with van der Waals surface area (Å²) in [7, 11) is 0. The molecule has 3 N–H and O–H groups in total. The zero-order chi connectivity index (χ0) is 16.4. The molecule has 2 saturated heterocycles. The highest BCUT2D eigenvalue weighted by Gasteiger charge is 2.51. The van der Waals surface area contributed by atoms with Crippen LogP contribution in [-0.2, 0) is 4.74 Å². The van der Waals surface area contributed by atoms with Crippen molar-refractivity contribution in [1.29, 1.82) is 0 Å². The van der Waals surface area contributed by atoms with Gasteiger partial charge in [-0.1, -0.05) is 0 Å². The summed E-state index contributed by atoms with van der Waals surface area (Å²) < 4.78 is 5.39. The molecule has 0 aliphatic carbocycles. The van der Waals surface area contributed by atoms with E-state index in [-0.39, 0.29) is 12.7 Å². The van der Waals surface area contributed by atoms with Gasteiger partial charge >= 0.3 is 6.09 Å². The number of hydrogen-bond acceptors (Lipinski definition) is 5. The predicted molar refractivity (Wildman–Crippen MR) is 83.6 cm³/mol. The Balaban J connectivity index is 1.99. The first-order chi connectivity index (χ1) is 10.2. The molecule has 0 saturated carbocycles. The zero-order valence-electron chi connectivity index (χ0n) is 14.0. The van der Waals surface area contributed by atoms with Gasteiger partial charge in [0.15, 0.2) is 0 Å². The number of aliphatic hydroxyl groups is 2. The molecule has 2 fully saturated rings. The molecule has 0 aromatic rings. The van der Waals surface area contributed by atoms with E-state index < -0.39 is 16.6 Å². The van der Waals surface area contributed by atoms with Crippen LogP contribution in [0.2, 0.25) is 0 Å². The Morgan fingerprint density at radius 3 is 2.18 bits per heavy atom. The predicted octanol–water partition coefficient (Wildman–Crippen LogP) is 1.11. The number of amides is 1. The molecule has 6 nitrogen and oxygen atoms in total. The monoisotopic (exact) mass is 314 g/mol. The summed E-state index contributed by atoms with van der Waals surface area (Å²) in [6.07, 6.45) is 2.20. The van der Waals surface area contributed by atoms with Gasteiger partial charge in [0, 0.05) is 18.5 Å². The van der Waals surface area contributed by atoms with Crippen molar-refractivity contribution in [3.63, 3.8) is 0 Å². The summed E-state index contributed by atoms with van der Waals surface area (Å²) in [5.41, 5.74) is -1.85. The van der Waals surface area contributed by atoms with Crippen LogP contribution in [0, 0.1) is 5.41 Å². The first kappa shape index (κ1) is 17.5. The van der Waals surface area contributed by atoms with Crippen LogP contribution in [0.15, 0.2) is 0 Å². The fraction of sp³-hybridized carbons (Fsp3) is 0.938. The maximum absolute atomic E-state index is 12.1. The average Bonchev–Trinajstić information content (AvgIpc) is 2.46. The van der Waals surface area contributed by atoms with Gasteiger partial charge in [-0.25, -0.2) is 4.79 Å². The van der Waals surface area contributed by atoms with Crippen molar-refractivity contribution >= 4 is 6.09 Å². The van der Waals surface area contributed by atoms with Gasteiger partial charge < -0.3 is 25.2 Å². The van der Waals surface area contributed by atoms with Gasteiger partial charge in [0.1, 0.15) is 5.60 Å². The van der Waals surface area contributed by atoms with E-state index in [2.05, 4.69) is 5.32 Å². The van der Waals surface area contributed by atoms with Crippen molar-refractivity contribution in [2.45, 2.75) is 57.7 Å². The van der Waals surface area contributed by atoms with E-state index in [4.69, 9.17) is 4.74 Å². The largest absolute Gasteiger partial charge is 0.444 e.